The summed E-state index contributed by atoms with van der Waals surface area (Å²) >= 11 is 0. The molecule has 2 bridgehead atoms. The summed E-state index contributed by atoms with van der Waals surface area (Å²) in [6, 6.07) is 3.89. The van der Waals surface area contributed by atoms with E-state index in [1.165, 1.54) is 5.57 Å². The summed E-state index contributed by atoms with van der Waals surface area (Å²) in [5, 5.41) is 9.90. The van der Waals surface area contributed by atoms with Crippen molar-refractivity contribution in [3.63, 3.8) is 0 Å². The summed E-state index contributed by atoms with van der Waals surface area (Å²) in [4.78, 5) is 0. The number of ether oxygens (including phenoxy) is 1. The van der Waals surface area contributed by atoms with Crippen LogP contribution in [0.15, 0.2) is 34.5 Å². The second-order valence-electron chi connectivity index (χ2n) is 6.15. The second kappa shape index (κ2) is 4.50. The van der Waals surface area contributed by atoms with E-state index in [2.05, 4.69) is 26.8 Å². The molecule has 1 aliphatic heterocycles. The number of rotatable bonds is 2. The molecule has 3 nitrogen and oxygen atoms in total. The molecule has 0 spiro atoms. The van der Waals surface area contributed by atoms with E-state index in [9.17, 15) is 5.11 Å². The maximum atomic E-state index is 9.90. The van der Waals surface area contributed by atoms with Crippen LogP contribution in [0.2, 0.25) is 0 Å². The van der Waals surface area contributed by atoms with Crippen LogP contribution in [0.3, 0.4) is 0 Å². The monoisotopic (exact) mass is 262 g/mol. The molecule has 19 heavy (non-hydrogen) atoms. The van der Waals surface area contributed by atoms with Gasteiger partial charge in [0, 0.05) is 11.3 Å². The van der Waals surface area contributed by atoms with Gasteiger partial charge in [0.15, 0.2) is 0 Å². The molecule has 1 aliphatic carbocycles. The van der Waals surface area contributed by atoms with Crippen LogP contribution in [0, 0.1) is 23.2 Å². The third-order valence-electron chi connectivity index (χ3n) is 5.37. The lowest BCUT2D eigenvalue weighted by atomic mass is 9.56. The standard InChI is InChI=1S/C16H22O3/c1-10-7-11(2)16(8-17)9-19-15(14(10)12(16)3)13-5-4-6-18-13/h4-7,11-12,14-15,17H,8-9H2,1-3H3/t11-,12+,14+,15-,16-/m1/s1. The molecule has 2 heterocycles. The summed E-state index contributed by atoms with van der Waals surface area (Å²) in [5.74, 6) is 1.93. The van der Waals surface area contributed by atoms with Crippen LogP contribution in [-0.2, 0) is 4.74 Å². The third-order valence-corrected chi connectivity index (χ3v) is 5.37. The SMILES string of the molecule is CC1=C[C@@H](C)[C@@]2(CO)CO[C@H](c3ccco3)[C@@H]1[C@@H]2C. The van der Waals surface area contributed by atoms with Crippen LogP contribution < -0.4 is 0 Å². The Balaban J connectivity index is 2.03. The van der Waals surface area contributed by atoms with Crippen LogP contribution in [-0.4, -0.2) is 18.3 Å². The normalized spacial score (nSPS) is 42.0. The quantitative estimate of drug-likeness (QED) is 0.832. The lowest BCUT2D eigenvalue weighted by Crippen LogP contribution is -2.53. The molecule has 104 valence electrons. The van der Waals surface area contributed by atoms with Gasteiger partial charge in [0.05, 0.1) is 19.5 Å². The number of aliphatic hydroxyl groups is 1. The molecular formula is C16H22O3. The third kappa shape index (κ3) is 1.72. The van der Waals surface area contributed by atoms with Crippen molar-refractivity contribution in [3.05, 3.63) is 35.8 Å². The maximum absolute atomic E-state index is 9.90. The Morgan fingerprint density at radius 1 is 1.42 bits per heavy atom. The molecule has 1 aromatic heterocycles. The first-order valence-corrected chi connectivity index (χ1v) is 7.04. The van der Waals surface area contributed by atoms with Crippen molar-refractivity contribution >= 4 is 0 Å². The van der Waals surface area contributed by atoms with Crippen LogP contribution in [0.1, 0.15) is 32.6 Å². The molecule has 1 aromatic rings. The predicted octanol–water partition coefficient (Wildman–Crippen LogP) is 3.18. The Morgan fingerprint density at radius 3 is 2.84 bits per heavy atom. The van der Waals surface area contributed by atoms with Gasteiger partial charge < -0.3 is 14.3 Å². The highest BCUT2D eigenvalue weighted by molar-refractivity contribution is 5.23. The van der Waals surface area contributed by atoms with Crippen molar-refractivity contribution in [2.45, 2.75) is 26.9 Å². The summed E-state index contributed by atoms with van der Waals surface area (Å²) in [6.07, 6.45) is 3.98. The molecule has 5 atom stereocenters. The number of hydrogen-bond acceptors (Lipinski definition) is 3. The molecule has 3 heteroatoms. The average Bonchev–Trinajstić information content (AvgIpc) is 2.90. The number of aliphatic hydroxyl groups excluding tert-OH is 1. The molecule has 0 amide bonds. The highest BCUT2D eigenvalue weighted by Gasteiger charge is 2.53. The molecule has 0 saturated carbocycles. The predicted molar refractivity (Wildman–Crippen MR) is 72.5 cm³/mol. The largest absolute Gasteiger partial charge is 0.467 e. The van der Waals surface area contributed by atoms with Crippen molar-refractivity contribution in [2.24, 2.45) is 23.2 Å². The van der Waals surface area contributed by atoms with Crippen LogP contribution in [0.25, 0.3) is 0 Å². The van der Waals surface area contributed by atoms with E-state index in [0.717, 1.165) is 5.76 Å². The zero-order valence-electron chi connectivity index (χ0n) is 11.8. The van der Waals surface area contributed by atoms with Gasteiger partial charge in [-0.2, -0.15) is 0 Å². The van der Waals surface area contributed by atoms with Crippen molar-refractivity contribution < 1.29 is 14.3 Å². The number of hydrogen-bond donors (Lipinski definition) is 1. The van der Waals surface area contributed by atoms with E-state index >= 15 is 0 Å². The van der Waals surface area contributed by atoms with Gasteiger partial charge in [-0.3, -0.25) is 0 Å². The fourth-order valence-electron chi connectivity index (χ4n) is 4.00. The second-order valence-corrected chi connectivity index (χ2v) is 6.15. The van der Waals surface area contributed by atoms with Crippen molar-refractivity contribution in [2.75, 3.05) is 13.2 Å². The van der Waals surface area contributed by atoms with E-state index in [1.54, 1.807) is 6.26 Å². The van der Waals surface area contributed by atoms with Gasteiger partial charge >= 0.3 is 0 Å². The first-order valence-electron chi connectivity index (χ1n) is 7.04. The summed E-state index contributed by atoms with van der Waals surface area (Å²) in [5.41, 5.74) is 1.21. The first kappa shape index (κ1) is 12.9. The molecule has 0 radical (unpaired) electrons. The zero-order chi connectivity index (χ0) is 13.6. The molecule has 1 saturated heterocycles. The minimum Gasteiger partial charge on any atom is -0.467 e. The fourth-order valence-corrected chi connectivity index (χ4v) is 4.00. The Hall–Kier alpha value is -1.06. The number of furan rings is 1. The summed E-state index contributed by atoms with van der Waals surface area (Å²) in [6.45, 7) is 7.37. The van der Waals surface area contributed by atoms with E-state index < -0.39 is 0 Å². The van der Waals surface area contributed by atoms with Crippen molar-refractivity contribution in [1.29, 1.82) is 0 Å². The smallest absolute Gasteiger partial charge is 0.133 e. The van der Waals surface area contributed by atoms with E-state index in [4.69, 9.17) is 9.15 Å². The molecule has 1 fully saturated rings. The zero-order valence-corrected chi connectivity index (χ0v) is 11.8. The molecule has 2 aliphatic rings. The lowest BCUT2D eigenvalue weighted by molar-refractivity contribution is -0.170. The van der Waals surface area contributed by atoms with E-state index in [0.29, 0.717) is 24.4 Å². The van der Waals surface area contributed by atoms with Crippen LogP contribution in [0.5, 0.6) is 0 Å². The molecule has 3 rings (SSSR count). The van der Waals surface area contributed by atoms with Gasteiger partial charge in [-0.05, 0) is 30.9 Å². The van der Waals surface area contributed by atoms with Crippen molar-refractivity contribution in [1.82, 2.24) is 0 Å². The number of fused-ring (bicyclic) bond motifs is 2. The van der Waals surface area contributed by atoms with Crippen LogP contribution >= 0.6 is 0 Å². The van der Waals surface area contributed by atoms with Gasteiger partial charge in [-0.25, -0.2) is 0 Å². The molecule has 0 aromatic carbocycles. The topological polar surface area (TPSA) is 42.6 Å². The Kier molecular flexibility index (Phi) is 3.06. The van der Waals surface area contributed by atoms with E-state index in [-0.39, 0.29) is 18.1 Å². The number of allylic oxidation sites excluding steroid dienone is 1. The van der Waals surface area contributed by atoms with Crippen molar-refractivity contribution in [3.8, 4) is 0 Å². The van der Waals surface area contributed by atoms with Crippen LogP contribution in [0.4, 0.5) is 0 Å². The summed E-state index contributed by atoms with van der Waals surface area (Å²) in [7, 11) is 0. The lowest BCUT2D eigenvalue weighted by Gasteiger charge is -2.54. The molecule has 0 unspecified atom stereocenters. The van der Waals surface area contributed by atoms with E-state index in [1.807, 2.05) is 12.1 Å². The van der Waals surface area contributed by atoms with Gasteiger partial charge in [-0.1, -0.05) is 25.5 Å². The van der Waals surface area contributed by atoms with Gasteiger partial charge in [0.2, 0.25) is 0 Å². The molecular weight excluding hydrogens is 240 g/mol. The Labute approximate surface area is 114 Å². The van der Waals surface area contributed by atoms with Gasteiger partial charge in [-0.15, -0.1) is 0 Å². The Morgan fingerprint density at radius 2 is 2.21 bits per heavy atom. The average molecular weight is 262 g/mol. The minimum absolute atomic E-state index is 0.0200. The van der Waals surface area contributed by atoms with Gasteiger partial charge in [0.25, 0.3) is 0 Å². The first-order chi connectivity index (χ1) is 9.10. The van der Waals surface area contributed by atoms with Gasteiger partial charge in [0.1, 0.15) is 11.9 Å². The maximum Gasteiger partial charge on any atom is 0.133 e. The highest BCUT2D eigenvalue weighted by atomic mass is 16.5. The fraction of sp³-hybridized carbons (Fsp3) is 0.625. The highest BCUT2D eigenvalue weighted by Crippen LogP contribution is 2.55. The molecule has 1 N–H and O–H groups in total. The Bertz CT molecular complexity index is 476. The summed E-state index contributed by atoms with van der Waals surface area (Å²) < 4.78 is 11.6. The minimum atomic E-state index is -0.146.